The number of ether oxygens (including phenoxy) is 1. The number of para-hydroxylation sites is 1. The lowest BCUT2D eigenvalue weighted by atomic mass is 9.97. The van der Waals surface area contributed by atoms with Crippen LogP contribution < -0.4 is 9.64 Å². The maximum absolute atomic E-state index is 13.4. The van der Waals surface area contributed by atoms with Crippen molar-refractivity contribution in [2.24, 2.45) is 5.92 Å². The predicted octanol–water partition coefficient (Wildman–Crippen LogP) is 3.73. The molecule has 1 saturated heterocycles. The fourth-order valence-electron chi connectivity index (χ4n) is 4.42. The van der Waals surface area contributed by atoms with Crippen LogP contribution in [0.25, 0.3) is 0 Å². The van der Waals surface area contributed by atoms with Crippen LogP contribution in [0.2, 0.25) is 5.02 Å². The molecule has 0 radical (unpaired) electrons. The quantitative estimate of drug-likeness (QED) is 0.714. The minimum atomic E-state index is -3.75. The highest BCUT2D eigenvalue weighted by atomic mass is 35.5. The van der Waals surface area contributed by atoms with E-state index in [0.717, 1.165) is 17.7 Å². The summed E-state index contributed by atoms with van der Waals surface area (Å²) in [5.41, 5.74) is 2.10. The van der Waals surface area contributed by atoms with Crippen LogP contribution in [0.1, 0.15) is 25.3 Å². The first-order valence-electron chi connectivity index (χ1n) is 10.1. The molecule has 2 heterocycles. The Balaban J connectivity index is 1.56. The molecule has 30 heavy (non-hydrogen) atoms. The molecule has 2 aliphatic rings. The molecule has 160 valence electrons. The van der Waals surface area contributed by atoms with Gasteiger partial charge in [-0.2, -0.15) is 4.31 Å². The molecule has 0 spiro atoms. The molecule has 2 aliphatic heterocycles. The number of rotatable bonds is 4. The van der Waals surface area contributed by atoms with Gasteiger partial charge in [0, 0.05) is 24.8 Å². The van der Waals surface area contributed by atoms with E-state index in [1.54, 1.807) is 6.07 Å². The lowest BCUT2D eigenvalue weighted by molar-refractivity contribution is -0.123. The highest BCUT2D eigenvalue weighted by Gasteiger charge is 2.39. The zero-order valence-electron chi connectivity index (χ0n) is 17.0. The third kappa shape index (κ3) is 3.70. The Bertz CT molecular complexity index is 1070. The minimum absolute atomic E-state index is 0.000105. The molecule has 2 aromatic rings. The monoisotopic (exact) mass is 448 g/mol. The number of carbonyl (C=O) groups excluding carboxylic acids is 1. The van der Waals surface area contributed by atoms with E-state index in [2.05, 4.69) is 0 Å². The molecule has 6 nitrogen and oxygen atoms in total. The van der Waals surface area contributed by atoms with Gasteiger partial charge in [0.25, 0.3) is 0 Å². The maximum Gasteiger partial charge on any atom is 0.243 e. The topological polar surface area (TPSA) is 66.9 Å². The van der Waals surface area contributed by atoms with E-state index in [1.807, 2.05) is 36.1 Å². The lowest BCUT2D eigenvalue weighted by Gasteiger charge is -2.34. The van der Waals surface area contributed by atoms with Crippen LogP contribution in [0.3, 0.4) is 0 Å². The largest absolute Gasteiger partial charge is 0.495 e. The van der Waals surface area contributed by atoms with Gasteiger partial charge < -0.3 is 9.64 Å². The van der Waals surface area contributed by atoms with Gasteiger partial charge in [-0.3, -0.25) is 4.79 Å². The smallest absolute Gasteiger partial charge is 0.243 e. The zero-order chi connectivity index (χ0) is 21.5. The number of methoxy groups -OCH3 is 1. The summed E-state index contributed by atoms with van der Waals surface area (Å²) in [7, 11) is -2.27. The van der Waals surface area contributed by atoms with Crippen molar-refractivity contribution in [1.29, 1.82) is 0 Å². The van der Waals surface area contributed by atoms with Crippen LogP contribution in [-0.4, -0.2) is 44.9 Å². The van der Waals surface area contributed by atoms with Crippen LogP contribution in [-0.2, 0) is 21.2 Å². The molecule has 8 heteroatoms. The van der Waals surface area contributed by atoms with Gasteiger partial charge in [0.05, 0.1) is 22.9 Å². The number of sulfonamides is 1. The Morgan fingerprint density at radius 1 is 1.20 bits per heavy atom. The second kappa shape index (κ2) is 8.21. The van der Waals surface area contributed by atoms with Crippen molar-refractivity contribution in [3.8, 4) is 5.75 Å². The number of nitrogens with zero attached hydrogens (tertiary/aromatic N) is 2. The Hall–Kier alpha value is -2.09. The number of carbonyl (C=O) groups is 1. The molecule has 0 aromatic heterocycles. The van der Waals surface area contributed by atoms with Gasteiger partial charge in [-0.15, -0.1) is 0 Å². The standard InChI is InChI=1S/C22H25ClN2O4S/c1-15-12-16-6-3-4-8-20(16)25(15)22(26)17-7-5-11-24(14-17)30(27,28)18-9-10-21(29-2)19(23)13-18/h3-4,6,8-10,13,15,17H,5,7,11-12,14H2,1-2H3/t15-,17+/m1/s1. The summed E-state index contributed by atoms with van der Waals surface area (Å²) in [6, 6.07) is 12.4. The van der Waals surface area contributed by atoms with Gasteiger partial charge in [0.15, 0.2) is 0 Å². The number of amides is 1. The van der Waals surface area contributed by atoms with Gasteiger partial charge >= 0.3 is 0 Å². The first-order valence-corrected chi connectivity index (χ1v) is 11.9. The molecule has 1 amide bonds. The third-order valence-electron chi connectivity index (χ3n) is 5.94. The third-order valence-corrected chi connectivity index (χ3v) is 8.10. The summed E-state index contributed by atoms with van der Waals surface area (Å²) in [6.07, 6.45) is 2.14. The Kier molecular flexibility index (Phi) is 5.79. The summed E-state index contributed by atoms with van der Waals surface area (Å²) < 4.78 is 32.9. The number of hydrogen-bond donors (Lipinski definition) is 0. The second-order valence-electron chi connectivity index (χ2n) is 7.89. The normalized spacial score (nSPS) is 22.0. The highest BCUT2D eigenvalue weighted by Crippen LogP contribution is 2.35. The van der Waals surface area contributed by atoms with E-state index < -0.39 is 10.0 Å². The van der Waals surface area contributed by atoms with E-state index in [0.29, 0.717) is 25.1 Å². The van der Waals surface area contributed by atoms with Crippen molar-refractivity contribution in [3.05, 3.63) is 53.1 Å². The summed E-state index contributed by atoms with van der Waals surface area (Å²) in [5.74, 6) is 0.0555. The molecular weight excluding hydrogens is 424 g/mol. The van der Waals surface area contributed by atoms with Crippen molar-refractivity contribution in [2.45, 2.75) is 37.1 Å². The molecule has 2 atom stereocenters. The number of fused-ring (bicyclic) bond motifs is 1. The Labute approximate surface area is 182 Å². The van der Waals surface area contributed by atoms with Crippen molar-refractivity contribution in [3.63, 3.8) is 0 Å². The van der Waals surface area contributed by atoms with Gasteiger partial charge in [0.2, 0.25) is 15.9 Å². The Morgan fingerprint density at radius 3 is 2.70 bits per heavy atom. The zero-order valence-corrected chi connectivity index (χ0v) is 18.6. The van der Waals surface area contributed by atoms with Crippen LogP contribution >= 0.6 is 11.6 Å². The van der Waals surface area contributed by atoms with E-state index in [9.17, 15) is 13.2 Å². The van der Waals surface area contributed by atoms with Gasteiger partial charge in [-0.1, -0.05) is 29.8 Å². The van der Waals surface area contributed by atoms with Gasteiger partial charge in [-0.05, 0) is 56.0 Å². The van der Waals surface area contributed by atoms with Crippen molar-refractivity contribution in [2.75, 3.05) is 25.1 Å². The lowest BCUT2D eigenvalue weighted by Crippen LogP contribution is -2.48. The number of halogens is 1. The molecule has 0 saturated carbocycles. The highest BCUT2D eigenvalue weighted by molar-refractivity contribution is 7.89. The van der Waals surface area contributed by atoms with Crippen molar-refractivity contribution >= 4 is 33.2 Å². The number of anilines is 1. The first kappa shape index (κ1) is 21.2. The average molecular weight is 449 g/mol. The average Bonchev–Trinajstić information content (AvgIpc) is 3.08. The van der Waals surface area contributed by atoms with Crippen molar-refractivity contribution < 1.29 is 17.9 Å². The fourth-order valence-corrected chi connectivity index (χ4v) is 6.29. The molecule has 0 aliphatic carbocycles. The SMILES string of the molecule is COc1ccc(S(=O)(=O)N2CCC[C@H](C(=O)N3c4ccccc4C[C@H]3C)C2)cc1Cl. The molecule has 0 unspecified atom stereocenters. The van der Waals surface area contributed by atoms with E-state index in [-0.39, 0.29) is 34.3 Å². The summed E-state index contributed by atoms with van der Waals surface area (Å²) in [5, 5.41) is 0.241. The number of benzene rings is 2. The first-order chi connectivity index (χ1) is 14.3. The summed E-state index contributed by atoms with van der Waals surface area (Å²) >= 11 is 6.13. The van der Waals surface area contributed by atoms with Crippen LogP contribution in [0.15, 0.2) is 47.4 Å². The fraction of sp³-hybridized carbons (Fsp3) is 0.409. The van der Waals surface area contributed by atoms with Gasteiger partial charge in [-0.25, -0.2) is 8.42 Å². The molecular formula is C22H25ClN2O4S. The van der Waals surface area contributed by atoms with Crippen molar-refractivity contribution in [1.82, 2.24) is 4.31 Å². The van der Waals surface area contributed by atoms with E-state index >= 15 is 0 Å². The molecule has 0 N–H and O–H groups in total. The predicted molar refractivity (Wildman–Crippen MR) is 117 cm³/mol. The maximum atomic E-state index is 13.4. The minimum Gasteiger partial charge on any atom is -0.495 e. The number of piperidine rings is 1. The Morgan fingerprint density at radius 2 is 1.97 bits per heavy atom. The summed E-state index contributed by atoms with van der Waals surface area (Å²) in [6.45, 7) is 2.60. The van der Waals surface area contributed by atoms with Crippen LogP contribution in [0.5, 0.6) is 5.75 Å². The molecule has 2 aromatic carbocycles. The molecule has 1 fully saturated rings. The van der Waals surface area contributed by atoms with E-state index in [1.165, 1.54) is 23.5 Å². The van der Waals surface area contributed by atoms with Crippen LogP contribution in [0.4, 0.5) is 5.69 Å². The molecule has 0 bridgehead atoms. The van der Waals surface area contributed by atoms with Gasteiger partial charge in [0.1, 0.15) is 5.75 Å². The second-order valence-corrected chi connectivity index (χ2v) is 10.2. The van der Waals surface area contributed by atoms with E-state index in [4.69, 9.17) is 16.3 Å². The van der Waals surface area contributed by atoms with Crippen LogP contribution in [0, 0.1) is 5.92 Å². The summed E-state index contributed by atoms with van der Waals surface area (Å²) in [4.78, 5) is 15.3. The number of hydrogen-bond acceptors (Lipinski definition) is 4. The molecule has 4 rings (SSSR count).